The summed E-state index contributed by atoms with van der Waals surface area (Å²) in [6.45, 7) is 1.91. The van der Waals surface area contributed by atoms with Gasteiger partial charge in [-0.05, 0) is 18.1 Å². The van der Waals surface area contributed by atoms with E-state index in [0.717, 1.165) is 11.1 Å². The third-order valence-electron chi connectivity index (χ3n) is 2.34. The fourth-order valence-corrected chi connectivity index (χ4v) is 2.66. The van der Waals surface area contributed by atoms with Crippen molar-refractivity contribution in [3.8, 4) is 0 Å². The molecule has 0 saturated carbocycles. The number of nitrogens with two attached hydrogens (primary N) is 1. The standard InChI is InChI=1S/C9H11N3O2S/c1-6-4-2-3-5-7(6)8-9(10)12-15(13,14)11-8/h2-5,8,11H,1H3,(H2,10,12)/p+1/t8-/m0/s1. The topological polar surface area (TPSA) is 86.2 Å². The van der Waals surface area contributed by atoms with E-state index in [9.17, 15) is 8.42 Å². The van der Waals surface area contributed by atoms with Gasteiger partial charge in [-0.3, -0.25) is 5.73 Å². The largest absolute Gasteiger partial charge is 0.371 e. The van der Waals surface area contributed by atoms with Crippen LogP contribution in [0.5, 0.6) is 0 Å². The zero-order chi connectivity index (χ0) is 11.1. The lowest BCUT2D eigenvalue weighted by atomic mass is 10.0. The molecule has 0 aliphatic carbocycles. The zero-order valence-corrected chi connectivity index (χ0v) is 9.01. The maximum atomic E-state index is 11.2. The first kappa shape index (κ1) is 10.1. The molecule has 2 rings (SSSR count). The number of hydrogen-bond donors (Lipinski definition) is 3. The smallest absolute Gasteiger partial charge is 0.288 e. The molecule has 1 aliphatic heterocycles. The van der Waals surface area contributed by atoms with Gasteiger partial charge in [0.25, 0.3) is 5.84 Å². The van der Waals surface area contributed by atoms with E-state index in [2.05, 4.69) is 9.12 Å². The van der Waals surface area contributed by atoms with Crippen molar-refractivity contribution in [1.29, 1.82) is 0 Å². The molecule has 1 heterocycles. The van der Waals surface area contributed by atoms with Crippen LogP contribution in [0.1, 0.15) is 17.2 Å². The number of aryl methyl sites for hydroxylation is 1. The van der Waals surface area contributed by atoms with E-state index >= 15 is 0 Å². The van der Waals surface area contributed by atoms with Gasteiger partial charge in [0.2, 0.25) is 0 Å². The quantitative estimate of drug-likeness (QED) is 0.535. The van der Waals surface area contributed by atoms with Crippen molar-refractivity contribution in [2.45, 2.75) is 13.0 Å². The van der Waals surface area contributed by atoms with Crippen molar-refractivity contribution in [2.75, 3.05) is 0 Å². The van der Waals surface area contributed by atoms with E-state index in [-0.39, 0.29) is 5.84 Å². The zero-order valence-electron chi connectivity index (χ0n) is 8.19. The van der Waals surface area contributed by atoms with Gasteiger partial charge in [0.15, 0.2) is 6.04 Å². The van der Waals surface area contributed by atoms with Gasteiger partial charge in [-0.15, -0.1) is 0 Å². The van der Waals surface area contributed by atoms with Crippen molar-refractivity contribution in [2.24, 2.45) is 5.73 Å². The summed E-state index contributed by atoms with van der Waals surface area (Å²) in [5.74, 6) is 0.212. The van der Waals surface area contributed by atoms with Crippen LogP contribution in [0.25, 0.3) is 0 Å². The molecule has 0 bridgehead atoms. The van der Waals surface area contributed by atoms with Crippen LogP contribution in [0.4, 0.5) is 0 Å². The van der Waals surface area contributed by atoms with E-state index in [1.807, 2.05) is 31.2 Å². The Hall–Kier alpha value is -1.40. The maximum Gasteiger partial charge on any atom is 0.371 e. The number of hydrogen-bond acceptors (Lipinski definition) is 3. The lowest BCUT2D eigenvalue weighted by Crippen LogP contribution is -2.76. The summed E-state index contributed by atoms with van der Waals surface area (Å²) in [7, 11) is -3.47. The van der Waals surface area contributed by atoms with Crippen molar-refractivity contribution in [3.05, 3.63) is 35.4 Å². The minimum absolute atomic E-state index is 0.212. The summed E-state index contributed by atoms with van der Waals surface area (Å²) in [6.07, 6.45) is 0. The molecule has 5 nitrogen and oxygen atoms in total. The highest BCUT2D eigenvalue weighted by Crippen LogP contribution is 2.17. The second-order valence-electron chi connectivity index (χ2n) is 3.47. The highest BCUT2D eigenvalue weighted by atomic mass is 32.2. The molecule has 0 spiro atoms. The van der Waals surface area contributed by atoms with Crippen LogP contribution >= 0.6 is 0 Å². The Morgan fingerprint density at radius 1 is 1.40 bits per heavy atom. The third kappa shape index (κ3) is 1.86. The summed E-state index contributed by atoms with van der Waals surface area (Å²) in [4.78, 5) is 0. The van der Waals surface area contributed by atoms with Gasteiger partial charge in [0, 0.05) is 0 Å². The Balaban J connectivity index is 2.44. The van der Waals surface area contributed by atoms with Gasteiger partial charge in [-0.2, -0.15) is 17.5 Å². The van der Waals surface area contributed by atoms with E-state index < -0.39 is 16.3 Å². The number of rotatable bonds is 1. The van der Waals surface area contributed by atoms with Crippen molar-refractivity contribution in [1.82, 2.24) is 4.72 Å². The van der Waals surface area contributed by atoms with Crippen LogP contribution < -0.4 is 14.9 Å². The second kappa shape index (κ2) is 3.32. The summed E-state index contributed by atoms with van der Waals surface area (Å²) in [5.41, 5.74) is 7.48. The Kier molecular flexibility index (Phi) is 2.24. The van der Waals surface area contributed by atoms with Crippen LogP contribution in [0.15, 0.2) is 24.3 Å². The second-order valence-corrected chi connectivity index (χ2v) is 4.91. The van der Waals surface area contributed by atoms with Gasteiger partial charge in [0.1, 0.15) is 0 Å². The SMILES string of the molecule is Cc1ccccc1[C@@H]1NS(=O)(=O)[NH+]=C1N. The van der Waals surface area contributed by atoms with Crippen LogP contribution in [-0.2, 0) is 10.2 Å². The van der Waals surface area contributed by atoms with Crippen LogP contribution in [0.2, 0.25) is 0 Å². The molecule has 0 fully saturated rings. The molecule has 1 aromatic carbocycles. The molecular weight excluding hydrogens is 214 g/mol. The molecule has 0 saturated heterocycles. The van der Waals surface area contributed by atoms with Gasteiger partial charge < -0.3 is 0 Å². The minimum Gasteiger partial charge on any atom is -0.288 e. The monoisotopic (exact) mass is 226 g/mol. The summed E-state index contributed by atoms with van der Waals surface area (Å²) in [5, 5.41) is 0. The predicted octanol–water partition coefficient (Wildman–Crippen LogP) is -1.68. The van der Waals surface area contributed by atoms with Crippen molar-refractivity contribution < 1.29 is 12.8 Å². The predicted molar refractivity (Wildman–Crippen MR) is 56.1 cm³/mol. The average molecular weight is 226 g/mol. The Labute approximate surface area is 88.2 Å². The Morgan fingerprint density at radius 3 is 2.60 bits per heavy atom. The maximum absolute atomic E-state index is 11.2. The van der Waals surface area contributed by atoms with Gasteiger partial charge in [-0.1, -0.05) is 24.3 Å². The molecule has 1 aromatic rings. The first-order valence-corrected chi connectivity index (χ1v) is 5.96. The molecular formula is C9H12N3O2S+. The average Bonchev–Trinajstić information content (AvgIpc) is 2.40. The first-order chi connectivity index (χ1) is 6.99. The third-order valence-corrected chi connectivity index (χ3v) is 3.39. The van der Waals surface area contributed by atoms with Gasteiger partial charge >= 0.3 is 10.2 Å². The van der Waals surface area contributed by atoms with Crippen LogP contribution in [0.3, 0.4) is 0 Å². The Morgan fingerprint density at radius 2 is 2.07 bits per heavy atom. The molecule has 6 heteroatoms. The van der Waals surface area contributed by atoms with Crippen LogP contribution in [0, 0.1) is 6.92 Å². The fourth-order valence-electron chi connectivity index (χ4n) is 1.60. The number of benzene rings is 1. The normalized spacial score (nSPS) is 23.8. The van der Waals surface area contributed by atoms with E-state index in [4.69, 9.17) is 5.73 Å². The molecule has 1 atom stereocenters. The summed E-state index contributed by atoms with van der Waals surface area (Å²) >= 11 is 0. The van der Waals surface area contributed by atoms with Crippen molar-refractivity contribution >= 4 is 16.0 Å². The highest BCUT2D eigenvalue weighted by Gasteiger charge is 2.35. The Bertz CT molecular complexity index is 522. The molecule has 80 valence electrons. The first-order valence-electron chi connectivity index (χ1n) is 4.47. The fraction of sp³-hybridized carbons (Fsp3) is 0.222. The lowest BCUT2D eigenvalue weighted by molar-refractivity contribution is -0.265. The lowest BCUT2D eigenvalue weighted by Gasteiger charge is -2.09. The van der Waals surface area contributed by atoms with Gasteiger partial charge in [-0.25, -0.2) is 0 Å². The molecule has 15 heavy (non-hydrogen) atoms. The molecule has 4 N–H and O–H groups in total. The van der Waals surface area contributed by atoms with E-state index in [1.165, 1.54) is 0 Å². The molecule has 1 aliphatic rings. The van der Waals surface area contributed by atoms with E-state index in [1.54, 1.807) is 0 Å². The molecule has 0 radical (unpaired) electrons. The molecule has 0 unspecified atom stereocenters. The minimum atomic E-state index is -3.47. The summed E-state index contributed by atoms with van der Waals surface area (Å²) in [6, 6.07) is 7.03. The van der Waals surface area contributed by atoms with Gasteiger partial charge in [0.05, 0.1) is 0 Å². The van der Waals surface area contributed by atoms with E-state index in [0.29, 0.717) is 0 Å². The van der Waals surface area contributed by atoms with Crippen LogP contribution in [-0.4, -0.2) is 14.3 Å². The number of amidine groups is 1. The number of nitrogens with one attached hydrogen (secondary N) is 2. The molecule has 0 aromatic heterocycles. The van der Waals surface area contributed by atoms with Crippen molar-refractivity contribution in [3.63, 3.8) is 0 Å². The highest BCUT2D eigenvalue weighted by molar-refractivity contribution is 7.83. The summed E-state index contributed by atoms with van der Waals surface area (Å²) < 4.78 is 27.1. The molecule has 0 amide bonds.